The molecule has 45 heavy (non-hydrogen) atoms. The normalized spacial score (nSPS) is 13.0. The lowest BCUT2D eigenvalue weighted by atomic mass is 10.0. The zero-order valence-corrected chi connectivity index (χ0v) is 26.0. The molecule has 3 aromatic heterocycles. The third-order valence-electron chi connectivity index (χ3n) is 7.64. The maximum absolute atomic E-state index is 14.0. The van der Waals surface area contributed by atoms with E-state index in [1.807, 2.05) is 19.0 Å². The number of hydrogen-bond donors (Lipinski definition) is 2. The maximum Gasteiger partial charge on any atom is 0.339 e. The molecule has 3 N–H and O–H groups in total. The minimum Gasteiger partial charge on any atom is -0.382 e. The van der Waals surface area contributed by atoms with Crippen LogP contribution in [-0.4, -0.2) is 68.5 Å². The van der Waals surface area contributed by atoms with Crippen molar-refractivity contribution in [3.05, 3.63) is 93.6 Å². The van der Waals surface area contributed by atoms with E-state index in [0.29, 0.717) is 45.5 Å². The van der Waals surface area contributed by atoms with Gasteiger partial charge in [-0.3, -0.25) is 19.5 Å². The molecule has 13 heteroatoms. The van der Waals surface area contributed by atoms with Crippen molar-refractivity contribution in [1.82, 2.24) is 29.0 Å². The Morgan fingerprint density at radius 2 is 1.80 bits per heavy atom. The second kappa shape index (κ2) is 12.5. The summed E-state index contributed by atoms with van der Waals surface area (Å²) in [5.41, 5.74) is 9.57. The van der Waals surface area contributed by atoms with Crippen molar-refractivity contribution in [2.45, 2.75) is 25.7 Å². The monoisotopic (exact) mass is 623 g/mol. The first-order chi connectivity index (χ1) is 21.7. The predicted octanol–water partition coefficient (Wildman–Crippen LogP) is 3.82. The summed E-state index contributed by atoms with van der Waals surface area (Å²) in [4.78, 5) is 57.7. The quantitative estimate of drug-likeness (QED) is 0.248. The Morgan fingerprint density at radius 1 is 1.02 bits per heavy atom. The molecule has 12 nitrogen and oxygen atoms in total. The van der Waals surface area contributed by atoms with Gasteiger partial charge in [-0.1, -0.05) is 12.1 Å². The van der Waals surface area contributed by atoms with E-state index in [2.05, 4.69) is 20.3 Å². The first kappa shape index (κ1) is 29.9. The Morgan fingerprint density at radius 3 is 2.56 bits per heavy atom. The first-order valence-corrected chi connectivity index (χ1v) is 15.4. The Bertz CT molecular complexity index is 1970. The van der Waals surface area contributed by atoms with Crippen LogP contribution >= 0.6 is 11.3 Å². The standard InChI is InChI=1S/C32H33N9O3S/c1-38(2)17-7-12-26(42)39(3)22-8-6-9-23(18-22)41-29-27(28(33)34-19-35-29)40(32(41)44)21-15-13-20(14-16-21)30(43)37-31-36-24-10-4-5-11-25(24)45-31/h6-9,12-16,18-19H,4-5,10-11,17H2,1-3H3,(H2,33,34,35)(H,36,37,43). The zero-order chi connectivity index (χ0) is 31.7. The van der Waals surface area contributed by atoms with Crippen molar-refractivity contribution in [2.24, 2.45) is 0 Å². The minimum atomic E-state index is -0.431. The third-order valence-corrected chi connectivity index (χ3v) is 8.71. The number of hydrogen-bond acceptors (Lipinski definition) is 9. The number of nitrogens with one attached hydrogen (secondary N) is 1. The Balaban J connectivity index is 1.32. The first-order valence-electron chi connectivity index (χ1n) is 14.5. The average Bonchev–Trinajstić information content (AvgIpc) is 3.58. The van der Waals surface area contributed by atoms with Gasteiger partial charge >= 0.3 is 5.69 Å². The summed E-state index contributed by atoms with van der Waals surface area (Å²) in [6.45, 7) is 0.634. The van der Waals surface area contributed by atoms with E-state index in [1.54, 1.807) is 61.7 Å². The number of thiazole rings is 1. The zero-order valence-electron chi connectivity index (χ0n) is 25.2. The fourth-order valence-electron chi connectivity index (χ4n) is 5.30. The molecule has 0 saturated heterocycles. The summed E-state index contributed by atoms with van der Waals surface area (Å²) in [7, 11) is 5.52. The Hall–Kier alpha value is -5.14. The van der Waals surface area contributed by atoms with Gasteiger partial charge in [-0.25, -0.2) is 24.3 Å². The predicted molar refractivity (Wildman–Crippen MR) is 177 cm³/mol. The summed E-state index contributed by atoms with van der Waals surface area (Å²) in [5, 5.41) is 3.51. The van der Waals surface area contributed by atoms with Crippen LogP contribution in [0.3, 0.4) is 0 Å². The highest BCUT2D eigenvalue weighted by Crippen LogP contribution is 2.30. The number of nitrogen functional groups attached to an aromatic ring is 1. The molecule has 1 aliphatic rings. The summed E-state index contributed by atoms with van der Waals surface area (Å²) < 4.78 is 2.86. The summed E-state index contributed by atoms with van der Waals surface area (Å²) in [6, 6.07) is 13.7. The van der Waals surface area contributed by atoms with Gasteiger partial charge in [0.2, 0.25) is 5.91 Å². The summed E-state index contributed by atoms with van der Waals surface area (Å²) >= 11 is 1.53. The fraction of sp³-hybridized carbons (Fsp3) is 0.250. The largest absolute Gasteiger partial charge is 0.382 e. The molecule has 0 saturated carbocycles. The number of carbonyl (C=O) groups excluding carboxylic acids is 2. The van der Waals surface area contributed by atoms with Gasteiger partial charge in [0.25, 0.3) is 5.91 Å². The van der Waals surface area contributed by atoms with Gasteiger partial charge in [0.15, 0.2) is 16.6 Å². The van der Waals surface area contributed by atoms with E-state index < -0.39 is 5.69 Å². The van der Waals surface area contributed by atoms with Crippen molar-refractivity contribution < 1.29 is 9.59 Å². The molecular weight excluding hydrogens is 590 g/mol. The van der Waals surface area contributed by atoms with Gasteiger partial charge < -0.3 is 15.5 Å². The molecule has 0 fully saturated rings. The van der Waals surface area contributed by atoms with Gasteiger partial charge in [-0.2, -0.15) is 0 Å². The summed E-state index contributed by atoms with van der Waals surface area (Å²) in [6.07, 6.45) is 8.82. The van der Waals surface area contributed by atoms with Crippen LogP contribution in [-0.2, 0) is 17.6 Å². The van der Waals surface area contributed by atoms with E-state index in [4.69, 9.17) is 5.73 Å². The van der Waals surface area contributed by atoms with Gasteiger partial charge in [0.05, 0.1) is 17.1 Å². The molecule has 0 spiro atoms. The number of likely N-dealkylation sites (N-methyl/N-ethyl adjacent to an activating group) is 2. The number of fused-ring (bicyclic) bond motifs is 2. The lowest BCUT2D eigenvalue weighted by Gasteiger charge is -2.16. The van der Waals surface area contributed by atoms with Gasteiger partial charge in [0.1, 0.15) is 11.8 Å². The molecule has 0 unspecified atom stereocenters. The molecular formula is C32H33N9O3S. The SMILES string of the molecule is CN(C)CC=CC(=O)N(C)c1cccc(-n2c(=O)n(-c3ccc(C(=O)Nc4nc5c(s4)CCCC5)cc3)c3c(N)ncnc32)c1. The highest BCUT2D eigenvalue weighted by atomic mass is 32.1. The van der Waals surface area contributed by atoms with Crippen molar-refractivity contribution in [1.29, 1.82) is 0 Å². The number of benzene rings is 2. The Labute approximate surface area is 263 Å². The van der Waals surface area contributed by atoms with Crippen LogP contribution in [0.25, 0.3) is 22.5 Å². The van der Waals surface area contributed by atoms with Crippen molar-refractivity contribution in [3.63, 3.8) is 0 Å². The number of aryl methyl sites for hydroxylation is 2. The van der Waals surface area contributed by atoms with Crippen molar-refractivity contribution in [3.8, 4) is 11.4 Å². The smallest absolute Gasteiger partial charge is 0.339 e. The number of amides is 2. The fourth-order valence-corrected chi connectivity index (χ4v) is 6.34. The molecule has 1 aliphatic carbocycles. The van der Waals surface area contributed by atoms with E-state index in [1.165, 1.54) is 42.7 Å². The summed E-state index contributed by atoms with van der Waals surface area (Å²) in [5.74, 6) is -0.355. The lowest BCUT2D eigenvalue weighted by Crippen LogP contribution is -2.25. The number of rotatable bonds is 8. The molecule has 3 heterocycles. The van der Waals surface area contributed by atoms with E-state index >= 15 is 0 Å². The van der Waals surface area contributed by atoms with E-state index in [9.17, 15) is 14.4 Å². The van der Waals surface area contributed by atoms with E-state index in [0.717, 1.165) is 31.4 Å². The van der Waals surface area contributed by atoms with Crippen LogP contribution in [0.1, 0.15) is 33.8 Å². The number of nitrogens with two attached hydrogens (primary N) is 1. The average molecular weight is 624 g/mol. The van der Waals surface area contributed by atoms with Crippen molar-refractivity contribution >= 4 is 51.0 Å². The molecule has 0 atom stereocenters. The molecule has 2 aromatic carbocycles. The van der Waals surface area contributed by atoms with Crippen LogP contribution in [0.15, 0.2) is 71.8 Å². The third kappa shape index (κ3) is 5.99. The van der Waals surface area contributed by atoms with Gasteiger partial charge in [-0.05, 0) is 82.2 Å². The topological polar surface area (TPSA) is 144 Å². The van der Waals surface area contributed by atoms with Gasteiger partial charge in [-0.15, -0.1) is 11.3 Å². The lowest BCUT2D eigenvalue weighted by molar-refractivity contribution is -0.113. The van der Waals surface area contributed by atoms with Gasteiger partial charge in [0, 0.05) is 35.8 Å². The number of imidazole rings is 1. The van der Waals surface area contributed by atoms with Crippen LogP contribution in [0.4, 0.5) is 16.6 Å². The number of anilines is 3. The van der Waals surface area contributed by atoms with Crippen LogP contribution < -0.4 is 21.6 Å². The van der Waals surface area contributed by atoms with Crippen LogP contribution in [0, 0.1) is 0 Å². The molecule has 6 rings (SSSR count). The molecule has 0 radical (unpaired) electrons. The highest BCUT2D eigenvalue weighted by Gasteiger charge is 2.22. The Kier molecular flexibility index (Phi) is 8.28. The highest BCUT2D eigenvalue weighted by molar-refractivity contribution is 7.15. The number of aromatic nitrogens is 5. The molecule has 0 aliphatic heterocycles. The molecule has 230 valence electrons. The molecule has 2 amide bonds. The second-order valence-corrected chi connectivity index (χ2v) is 12.1. The molecule has 0 bridgehead atoms. The maximum atomic E-state index is 14.0. The van der Waals surface area contributed by atoms with E-state index in [-0.39, 0.29) is 17.6 Å². The van der Waals surface area contributed by atoms with Crippen LogP contribution in [0.5, 0.6) is 0 Å². The number of carbonyl (C=O) groups is 2. The molecule has 5 aromatic rings. The van der Waals surface area contributed by atoms with Crippen molar-refractivity contribution in [2.75, 3.05) is 43.6 Å². The minimum absolute atomic E-state index is 0.125. The second-order valence-electron chi connectivity index (χ2n) is 11.1. The van der Waals surface area contributed by atoms with Crippen LogP contribution in [0.2, 0.25) is 0 Å². The number of nitrogens with zero attached hydrogens (tertiary/aromatic N) is 7.